The smallest absolute Gasteiger partial charge is 0.338 e. The molecule has 0 bridgehead atoms. The van der Waals surface area contributed by atoms with Crippen molar-refractivity contribution in [2.45, 2.75) is 31.4 Å². The second-order valence-electron chi connectivity index (χ2n) is 6.29. The number of hydrogen-bond donors (Lipinski definition) is 0. The fraction of sp³-hybridized carbons (Fsp3) is 0.263. The maximum atomic E-state index is 12.5. The molecule has 0 radical (unpaired) electrons. The Labute approximate surface area is 162 Å². The van der Waals surface area contributed by atoms with Gasteiger partial charge in [0.25, 0.3) is 0 Å². The lowest BCUT2D eigenvalue weighted by atomic mass is 10.2. The van der Waals surface area contributed by atoms with Gasteiger partial charge in [-0.05, 0) is 50.2 Å². The van der Waals surface area contributed by atoms with Gasteiger partial charge in [0.05, 0.1) is 20.7 Å². The van der Waals surface area contributed by atoms with Gasteiger partial charge in [-0.2, -0.15) is 4.31 Å². The van der Waals surface area contributed by atoms with E-state index in [-0.39, 0.29) is 17.5 Å². The van der Waals surface area contributed by atoms with Gasteiger partial charge >= 0.3 is 5.97 Å². The maximum absolute atomic E-state index is 12.5. The topological polar surface area (TPSA) is 76.6 Å². The third-order valence-electron chi connectivity index (χ3n) is 4.16. The van der Waals surface area contributed by atoms with Crippen LogP contribution in [0, 0.1) is 0 Å². The van der Waals surface area contributed by atoms with Crippen molar-refractivity contribution >= 4 is 37.5 Å². The number of carbonyl (C=O) groups excluding carboxylic acids is 1. The summed E-state index contributed by atoms with van der Waals surface area (Å²) in [7, 11) is -2.05. The van der Waals surface area contributed by atoms with Gasteiger partial charge in [-0.1, -0.05) is 12.1 Å². The lowest BCUT2D eigenvalue weighted by Crippen LogP contribution is -2.33. The van der Waals surface area contributed by atoms with Crippen molar-refractivity contribution in [1.82, 2.24) is 9.29 Å². The highest BCUT2D eigenvalue weighted by Crippen LogP contribution is 2.22. The van der Waals surface area contributed by atoms with Crippen molar-refractivity contribution in [2.24, 2.45) is 0 Å². The van der Waals surface area contributed by atoms with Gasteiger partial charge in [0.2, 0.25) is 10.0 Å². The zero-order chi connectivity index (χ0) is 19.6. The monoisotopic (exact) mass is 404 g/mol. The fourth-order valence-electron chi connectivity index (χ4n) is 2.40. The number of aromatic nitrogens is 1. The first-order chi connectivity index (χ1) is 12.8. The molecule has 0 spiro atoms. The molecule has 0 fully saturated rings. The van der Waals surface area contributed by atoms with E-state index in [0.29, 0.717) is 10.6 Å². The molecule has 27 heavy (non-hydrogen) atoms. The normalized spacial score (nSPS) is 12.0. The van der Waals surface area contributed by atoms with E-state index >= 15 is 0 Å². The number of fused-ring (bicyclic) bond motifs is 1. The van der Waals surface area contributed by atoms with Crippen LogP contribution in [0.4, 0.5) is 0 Å². The maximum Gasteiger partial charge on any atom is 0.338 e. The van der Waals surface area contributed by atoms with E-state index in [4.69, 9.17) is 4.74 Å². The highest BCUT2D eigenvalue weighted by Gasteiger charge is 2.23. The number of thiazole rings is 1. The molecule has 1 aromatic heterocycles. The molecule has 0 unspecified atom stereocenters. The minimum Gasteiger partial charge on any atom is -0.455 e. The van der Waals surface area contributed by atoms with E-state index in [0.717, 1.165) is 10.2 Å². The van der Waals surface area contributed by atoms with Crippen molar-refractivity contribution in [1.29, 1.82) is 0 Å². The van der Waals surface area contributed by atoms with Crippen LogP contribution in [-0.4, -0.2) is 36.8 Å². The molecule has 1 heterocycles. The first-order valence-electron chi connectivity index (χ1n) is 8.38. The summed E-state index contributed by atoms with van der Waals surface area (Å²) in [6.07, 6.45) is 0. The van der Waals surface area contributed by atoms with E-state index in [1.54, 1.807) is 13.8 Å². The lowest BCUT2D eigenvalue weighted by molar-refractivity contribution is 0.0472. The Morgan fingerprint density at radius 3 is 2.44 bits per heavy atom. The summed E-state index contributed by atoms with van der Waals surface area (Å²) in [6.45, 7) is 3.67. The zero-order valence-corrected chi connectivity index (χ0v) is 16.9. The van der Waals surface area contributed by atoms with E-state index in [9.17, 15) is 13.2 Å². The van der Waals surface area contributed by atoms with Crippen molar-refractivity contribution in [3.05, 3.63) is 59.1 Å². The fourth-order valence-corrected chi connectivity index (χ4v) is 4.65. The molecular weight excluding hydrogens is 384 g/mol. The minimum absolute atomic E-state index is 0.0777. The summed E-state index contributed by atoms with van der Waals surface area (Å²) in [5.41, 5.74) is 1.17. The second-order valence-corrected chi connectivity index (χ2v) is 9.40. The largest absolute Gasteiger partial charge is 0.455 e. The quantitative estimate of drug-likeness (QED) is 0.586. The molecule has 0 saturated carbocycles. The van der Waals surface area contributed by atoms with E-state index in [1.807, 2.05) is 24.3 Å². The molecule has 0 aliphatic heterocycles. The average molecular weight is 405 g/mol. The molecule has 0 amide bonds. The number of ether oxygens (including phenoxy) is 1. The summed E-state index contributed by atoms with van der Waals surface area (Å²) in [4.78, 5) is 16.8. The second kappa shape index (κ2) is 7.75. The first-order valence-corrected chi connectivity index (χ1v) is 10.6. The van der Waals surface area contributed by atoms with Crippen LogP contribution in [0.3, 0.4) is 0 Å². The van der Waals surface area contributed by atoms with Crippen LogP contribution in [-0.2, 0) is 21.4 Å². The number of benzene rings is 2. The third kappa shape index (κ3) is 4.18. The Morgan fingerprint density at radius 1 is 1.15 bits per heavy atom. The molecule has 2 aromatic carbocycles. The van der Waals surface area contributed by atoms with Crippen LogP contribution < -0.4 is 0 Å². The Kier molecular flexibility index (Phi) is 5.59. The molecule has 3 aromatic rings. The molecule has 0 saturated heterocycles. The van der Waals surface area contributed by atoms with Crippen molar-refractivity contribution in [3.63, 3.8) is 0 Å². The number of carbonyl (C=O) groups is 1. The summed E-state index contributed by atoms with van der Waals surface area (Å²) in [6, 6.07) is 13.3. The number of hydrogen-bond acceptors (Lipinski definition) is 6. The zero-order valence-electron chi connectivity index (χ0n) is 15.2. The summed E-state index contributed by atoms with van der Waals surface area (Å²) < 4.78 is 32.5. The number of nitrogens with zero attached hydrogens (tertiary/aromatic N) is 2. The van der Waals surface area contributed by atoms with E-state index in [1.165, 1.54) is 47.0 Å². The molecule has 3 rings (SSSR count). The Morgan fingerprint density at radius 2 is 1.81 bits per heavy atom. The molecule has 0 aliphatic carbocycles. The highest BCUT2D eigenvalue weighted by molar-refractivity contribution is 7.89. The highest BCUT2D eigenvalue weighted by atomic mass is 32.2. The predicted molar refractivity (Wildman–Crippen MR) is 105 cm³/mol. The van der Waals surface area contributed by atoms with Crippen LogP contribution >= 0.6 is 11.3 Å². The Hall–Kier alpha value is -2.29. The predicted octanol–water partition coefficient (Wildman–Crippen LogP) is 3.68. The van der Waals surface area contributed by atoms with Gasteiger partial charge in [0.1, 0.15) is 11.6 Å². The van der Waals surface area contributed by atoms with Crippen molar-refractivity contribution < 1.29 is 17.9 Å². The van der Waals surface area contributed by atoms with Crippen LogP contribution in [0.5, 0.6) is 0 Å². The van der Waals surface area contributed by atoms with Crippen molar-refractivity contribution in [2.75, 3.05) is 7.05 Å². The summed E-state index contributed by atoms with van der Waals surface area (Å²) in [5.74, 6) is -0.518. The van der Waals surface area contributed by atoms with Crippen LogP contribution in [0.2, 0.25) is 0 Å². The lowest BCUT2D eigenvalue weighted by Gasteiger charge is -2.20. The number of sulfonamides is 1. The average Bonchev–Trinajstić information content (AvgIpc) is 3.08. The summed E-state index contributed by atoms with van der Waals surface area (Å²) in [5, 5.41) is 0.710. The van der Waals surface area contributed by atoms with Gasteiger partial charge in [-0.25, -0.2) is 18.2 Å². The van der Waals surface area contributed by atoms with Gasteiger partial charge in [0.15, 0.2) is 0 Å². The molecule has 142 valence electrons. The molecule has 6 nitrogen and oxygen atoms in total. The van der Waals surface area contributed by atoms with Gasteiger partial charge in [-0.3, -0.25) is 0 Å². The number of para-hydroxylation sites is 1. The first kappa shape index (κ1) is 19.5. The van der Waals surface area contributed by atoms with E-state index in [2.05, 4.69) is 4.98 Å². The van der Waals surface area contributed by atoms with E-state index < -0.39 is 16.0 Å². The molecule has 0 atom stereocenters. The number of rotatable bonds is 6. The van der Waals surface area contributed by atoms with Gasteiger partial charge in [0, 0.05) is 13.1 Å². The molecule has 0 aliphatic rings. The van der Waals surface area contributed by atoms with Crippen LogP contribution in [0.25, 0.3) is 10.2 Å². The SMILES string of the molecule is CC(C)N(C)S(=O)(=O)c1ccc(C(=O)OCc2nc3ccccc3s2)cc1. The minimum atomic E-state index is -3.58. The van der Waals surface area contributed by atoms with Crippen LogP contribution in [0.15, 0.2) is 53.4 Å². The van der Waals surface area contributed by atoms with Crippen molar-refractivity contribution in [3.8, 4) is 0 Å². The standard InChI is InChI=1S/C19H20N2O4S2/c1-13(2)21(3)27(23,24)15-10-8-14(9-11-15)19(22)25-12-18-20-16-6-4-5-7-17(16)26-18/h4-11,13H,12H2,1-3H3. The van der Waals surface area contributed by atoms with Gasteiger partial charge in [-0.15, -0.1) is 11.3 Å². The number of esters is 1. The Balaban J connectivity index is 1.68. The van der Waals surface area contributed by atoms with Gasteiger partial charge < -0.3 is 4.74 Å². The third-order valence-corrected chi connectivity index (χ3v) is 7.22. The molecule has 8 heteroatoms. The Bertz CT molecular complexity index is 1020. The molecular formula is C19H20N2O4S2. The summed E-state index contributed by atoms with van der Waals surface area (Å²) >= 11 is 1.47. The molecule has 0 N–H and O–H groups in total. The van der Waals surface area contributed by atoms with Crippen LogP contribution in [0.1, 0.15) is 29.2 Å².